The zero-order chi connectivity index (χ0) is 10.7. The van der Waals surface area contributed by atoms with Gasteiger partial charge in [0.25, 0.3) is 0 Å². The van der Waals surface area contributed by atoms with Crippen LogP contribution in [0.5, 0.6) is 0 Å². The molecule has 14 heavy (non-hydrogen) atoms. The molecule has 0 aliphatic rings. The highest BCUT2D eigenvalue weighted by atomic mass is 79.9. The van der Waals surface area contributed by atoms with Gasteiger partial charge in [-0.05, 0) is 25.1 Å². The van der Waals surface area contributed by atoms with Crippen LogP contribution in [0, 0.1) is 5.82 Å². The Balaban J connectivity index is 2.99. The topological polar surface area (TPSA) is 29.3 Å². The van der Waals surface area contributed by atoms with Gasteiger partial charge in [-0.25, -0.2) is 4.39 Å². The van der Waals surface area contributed by atoms with Crippen molar-refractivity contribution in [3.05, 3.63) is 28.5 Å². The molecule has 0 aromatic heterocycles. The van der Waals surface area contributed by atoms with Crippen LogP contribution in [0.25, 0.3) is 0 Å². The van der Waals surface area contributed by atoms with E-state index in [1.807, 2.05) is 18.9 Å². The van der Waals surface area contributed by atoms with Crippen molar-refractivity contribution in [3.63, 3.8) is 0 Å². The minimum atomic E-state index is -0.226. The van der Waals surface area contributed by atoms with Crippen molar-refractivity contribution in [1.82, 2.24) is 0 Å². The summed E-state index contributed by atoms with van der Waals surface area (Å²) in [6, 6.07) is 5.00. The number of likely N-dealkylation sites (N-methyl/N-ethyl adjacent to an activating group) is 1. The first kappa shape index (κ1) is 11.5. The van der Waals surface area contributed by atoms with E-state index in [4.69, 9.17) is 5.73 Å². The molecule has 2 nitrogen and oxygen atoms in total. The Morgan fingerprint density at radius 3 is 2.79 bits per heavy atom. The molecule has 1 aromatic carbocycles. The minimum Gasteiger partial charge on any atom is -0.368 e. The van der Waals surface area contributed by atoms with E-state index in [0.717, 1.165) is 4.47 Å². The number of nitrogens with two attached hydrogens (primary N) is 1. The number of hydrogen-bond acceptors (Lipinski definition) is 2. The van der Waals surface area contributed by atoms with Gasteiger partial charge in [0.2, 0.25) is 0 Å². The third kappa shape index (κ3) is 2.45. The lowest BCUT2D eigenvalue weighted by atomic mass is 10.2. The molecule has 0 spiro atoms. The zero-order valence-corrected chi connectivity index (χ0v) is 9.88. The third-order valence-electron chi connectivity index (χ3n) is 2.29. The number of anilines is 1. The maximum atomic E-state index is 13.4. The molecule has 1 rings (SSSR count). The van der Waals surface area contributed by atoms with Crippen molar-refractivity contribution in [2.24, 2.45) is 5.73 Å². The highest BCUT2D eigenvalue weighted by molar-refractivity contribution is 9.10. The summed E-state index contributed by atoms with van der Waals surface area (Å²) in [5.41, 5.74) is 6.09. The summed E-state index contributed by atoms with van der Waals surface area (Å²) in [6.45, 7) is 2.46. The van der Waals surface area contributed by atoms with Crippen LogP contribution in [0.15, 0.2) is 22.7 Å². The molecule has 0 saturated heterocycles. The summed E-state index contributed by atoms with van der Waals surface area (Å²) in [5.74, 6) is -0.226. The maximum Gasteiger partial charge on any atom is 0.146 e. The molecule has 0 saturated carbocycles. The van der Waals surface area contributed by atoms with Crippen molar-refractivity contribution in [3.8, 4) is 0 Å². The van der Waals surface area contributed by atoms with Crippen molar-refractivity contribution in [2.45, 2.75) is 13.0 Å². The summed E-state index contributed by atoms with van der Waals surface area (Å²) in [5, 5.41) is 0. The molecular formula is C10H14BrFN2. The standard InChI is InChI=1S/C10H14BrFN2/c1-7(6-13)14(2)10-5-8(11)3-4-9(10)12/h3-5,7H,6,13H2,1-2H3. The summed E-state index contributed by atoms with van der Waals surface area (Å²) in [4.78, 5) is 1.83. The van der Waals surface area contributed by atoms with Gasteiger partial charge in [-0.3, -0.25) is 0 Å². The van der Waals surface area contributed by atoms with Crippen LogP contribution in [0.3, 0.4) is 0 Å². The fraction of sp³-hybridized carbons (Fsp3) is 0.400. The van der Waals surface area contributed by atoms with Crippen LogP contribution in [0.2, 0.25) is 0 Å². The van der Waals surface area contributed by atoms with Gasteiger partial charge in [-0.2, -0.15) is 0 Å². The van der Waals surface area contributed by atoms with Crippen molar-refractivity contribution in [2.75, 3.05) is 18.5 Å². The average molecular weight is 261 g/mol. The van der Waals surface area contributed by atoms with Gasteiger partial charge in [-0.15, -0.1) is 0 Å². The van der Waals surface area contributed by atoms with E-state index in [1.165, 1.54) is 6.07 Å². The molecule has 2 N–H and O–H groups in total. The Morgan fingerprint density at radius 2 is 2.21 bits per heavy atom. The van der Waals surface area contributed by atoms with E-state index in [1.54, 1.807) is 12.1 Å². The molecule has 0 fully saturated rings. The smallest absolute Gasteiger partial charge is 0.146 e. The molecule has 78 valence electrons. The fourth-order valence-corrected chi connectivity index (χ4v) is 1.50. The number of rotatable bonds is 3. The second-order valence-electron chi connectivity index (χ2n) is 3.29. The minimum absolute atomic E-state index is 0.124. The molecule has 0 aliphatic heterocycles. The Labute approximate surface area is 92.0 Å². The van der Waals surface area contributed by atoms with E-state index in [0.29, 0.717) is 12.2 Å². The molecule has 0 bridgehead atoms. The number of benzene rings is 1. The number of halogens is 2. The molecular weight excluding hydrogens is 247 g/mol. The van der Waals surface area contributed by atoms with Crippen LogP contribution in [-0.4, -0.2) is 19.6 Å². The van der Waals surface area contributed by atoms with Crippen LogP contribution >= 0.6 is 15.9 Å². The summed E-state index contributed by atoms with van der Waals surface area (Å²) in [6.07, 6.45) is 0. The Hall–Kier alpha value is -0.610. The molecule has 1 aromatic rings. The number of nitrogens with zero attached hydrogens (tertiary/aromatic N) is 1. The van der Waals surface area contributed by atoms with E-state index < -0.39 is 0 Å². The van der Waals surface area contributed by atoms with E-state index in [-0.39, 0.29) is 11.9 Å². The molecule has 4 heteroatoms. The van der Waals surface area contributed by atoms with Gasteiger partial charge in [0.15, 0.2) is 0 Å². The lowest BCUT2D eigenvalue weighted by Gasteiger charge is -2.26. The van der Waals surface area contributed by atoms with E-state index in [9.17, 15) is 4.39 Å². The lowest BCUT2D eigenvalue weighted by molar-refractivity contribution is 0.606. The monoisotopic (exact) mass is 260 g/mol. The van der Waals surface area contributed by atoms with Crippen LogP contribution in [0.4, 0.5) is 10.1 Å². The van der Waals surface area contributed by atoms with Gasteiger partial charge >= 0.3 is 0 Å². The first-order chi connectivity index (χ1) is 6.56. The van der Waals surface area contributed by atoms with Crippen molar-refractivity contribution in [1.29, 1.82) is 0 Å². The Bertz CT molecular complexity index is 317. The molecule has 1 atom stereocenters. The van der Waals surface area contributed by atoms with Crippen molar-refractivity contribution < 1.29 is 4.39 Å². The molecule has 0 heterocycles. The lowest BCUT2D eigenvalue weighted by Crippen LogP contribution is -2.35. The second-order valence-corrected chi connectivity index (χ2v) is 4.21. The highest BCUT2D eigenvalue weighted by Gasteiger charge is 2.12. The Kier molecular flexibility index (Phi) is 3.89. The normalized spacial score (nSPS) is 12.6. The van der Waals surface area contributed by atoms with E-state index in [2.05, 4.69) is 15.9 Å². The highest BCUT2D eigenvalue weighted by Crippen LogP contribution is 2.24. The third-order valence-corrected chi connectivity index (χ3v) is 2.78. The predicted molar refractivity (Wildman–Crippen MR) is 61.0 cm³/mol. The Morgan fingerprint density at radius 1 is 1.57 bits per heavy atom. The first-order valence-electron chi connectivity index (χ1n) is 4.44. The van der Waals surface area contributed by atoms with Gasteiger partial charge in [0, 0.05) is 24.1 Å². The second kappa shape index (κ2) is 4.75. The van der Waals surface area contributed by atoms with Crippen molar-refractivity contribution >= 4 is 21.6 Å². The van der Waals surface area contributed by atoms with Gasteiger partial charge in [0.1, 0.15) is 5.82 Å². The van der Waals surface area contributed by atoms with Crippen LogP contribution in [-0.2, 0) is 0 Å². The zero-order valence-electron chi connectivity index (χ0n) is 8.30. The summed E-state index contributed by atoms with van der Waals surface area (Å²) in [7, 11) is 1.84. The molecule has 0 aliphatic carbocycles. The van der Waals surface area contributed by atoms with Crippen LogP contribution < -0.4 is 10.6 Å². The fourth-order valence-electron chi connectivity index (χ4n) is 1.15. The number of hydrogen-bond donors (Lipinski definition) is 1. The first-order valence-corrected chi connectivity index (χ1v) is 5.23. The van der Waals surface area contributed by atoms with Crippen LogP contribution in [0.1, 0.15) is 6.92 Å². The SMILES string of the molecule is CC(CN)N(C)c1cc(Br)ccc1F. The maximum absolute atomic E-state index is 13.4. The molecule has 1 unspecified atom stereocenters. The van der Waals surface area contributed by atoms with E-state index >= 15 is 0 Å². The average Bonchev–Trinajstić information content (AvgIpc) is 2.19. The quantitative estimate of drug-likeness (QED) is 0.905. The molecule has 0 amide bonds. The molecule has 0 radical (unpaired) electrons. The predicted octanol–water partition coefficient (Wildman–Crippen LogP) is 2.37. The summed E-state index contributed by atoms with van der Waals surface area (Å²) < 4.78 is 14.3. The largest absolute Gasteiger partial charge is 0.368 e. The van der Waals surface area contributed by atoms with Gasteiger partial charge < -0.3 is 10.6 Å². The van der Waals surface area contributed by atoms with Gasteiger partial charge in [0.05, 0.1) is 5.69 Å². The summed E-state index contributed by atoms with van der Waals surface area (Å²) >= 11 is 3.31. The van der Waals surface area contributed by atoms with Gasteiger partial charge in [-0.1, -0.05) is 15.9 Å².